The van der Waals surface area contributed by atoms with Crippen molar-refractivity contribution in [2.45, 2.75) is 19.3 Å². The number of nitrogens with zero attached hydrogens (tertiary/aromatic N) is 3. The van der Waals surface area contributed by atoms with Gasteiger partial charge < -0.3 is 15.3 Å². The van der Waals surface area contributed by atoms with E-state index in [-0.39, 0.29) is 0 Å². The summed E-state index contributed by atoms with van der Waals surface area (Å²) < 4.78 is 0. The van der Waals surface area contributed by atoms with Gasteiger partial charge in [0.05, 0.1) is 6.20 Å². The second kappa shape index (κ2) is 7.28. The maximum Gasteiger partial charge on any atom is 0.144 e. The number of piperidine rings is 1. The van der Waals surface area contributed by atoms with E-state index < -0.39 is 0 Å². The molecule has 0 radical (unpaired) electrons. The summed E-state index contributed by atoms with van der Waals surface area (Å²) >= 11 is 0. The Labute approximate surface area is 108 Å². The highest BCUT2D eigenvalue weighted by Gasteiger charge is 2.18. The Morgan fingerprint density at radius 1 is 1.44 bits per heavy atom. The number of nitrogens with one attached hydrogen (secondary N) is 1. The topological polar surface area (TPSA) is 61.3 Å². The predicted octanol–water partition coefficient (Wildman–Crippen LogP) is 0.983. The quantitative estimate of drug-likeness (QED) is 0.737. The fourth-order valence-electron chi connectivity index (χ4n) is 2.41. The third-order valence-electron chi connectivity index (χ3n) is 3.38. The minimum atomic E-state index is 0.328. The molecule has 1 atom stereocenters. The SMILES string of the molecule is OC[C@H]1CCCN(CCCNc2cnccn2)C1. The molecule has 1 saturated heterocycles. The van der Waals surface area contributed by atoms with Crippen LogP contribution in [0.15, 0.2) is 18.6 Å². The number of hydrogen-bond acceptors (Lipinski definition) is 5. The maximum absolute atomic E-state index is 9.17. The maximum atomic E-state index is 9.17. The Balaban J connectivity index is 1.60. The number of aliphatic hydroxyl groups is 1. The predicted molar refractivity (Wildman–Crippen MR) is 71.4 cm³/mol. The second-order valence-electron chi connectivity index (χ2n) is 4.86. The normalized spacial score (nSPS) is 20.8. The van der Waals surface area contributed by atoms with Gasteiger partial charge in [-0.3, -0.25) is 4.98 Å². The Morgan fingerprint density at radius 2 is 2.39 bits per heavy atom. The Kier molecular flexibility index (Phi) is 5.36. The average molecular weight is 250 g/mol. The van der Waals surface area contributed by atoms with Crippen molar-refractivity contribution in [1.29, 1.82) is 0 Å². The van der Waals surface area contributed by atoms with Crippen molar-refractivity contribution in [3.63, 3.8) is 0 Å². The zero-order valence-corrected chi connectivity index (χ0v) is 10.8. The van der Waals surface area contributed by atoms with E-state index >= 15 is 0 Å². The summed E-state index contributed by atoms with van der Waals surface area (Å²) in [6.45, 7) is 4.54. The molecule has 1 fully saturated rings. The number of aromatic nitrogens is 2. The molecule has 1 aliphatic heterocycles. The van der Waals surface area contributed by atoms with Crippen LogP contribution in [-0.2, 0) is 0 Å². The lowest BCUT2D eigenvalue weighted by molar-refractivity contribution is 0.120. The zero-order chi connectivity index (χ0) is 12.6. The molecule has 18 heavy (non-hydrogen) atoms. The van der Waals surface area contributed by atoms with Crippen LogP contribution in [0.2, 0.25) is 0 Å². The Bertz CT molecular complexity index is 333. The minimum absolute atomic E-state index is 0.328. The standard InChI is InChI=1S/C13H22N4O/c18-11-12-3-1-7-17(10-12)8-2-4-15-13-9-14-5-6-16-13/h5-6,9,12,18H,1-4,7-8,10-11H2,(H,15,16)/t12-/m0/s1. The molecule has 2 rings (SSSR count). The fourth-order valence-corrected chi connectivity index (χ4v) is 2.41. The lowest BCUT2D eigenvalue weighted by atomic mass is 9.99. The van der Waals surface area contributed by atoms with Gasteiger partial charge in [-0.05, 0) is 38.3 Å². The van der Waals surface area contributed by atoms with Gasteiger partial charge in [-0.15, -0.1) is 0 Å². The van der Waals surface area contributed by atoms with Gasteiger partial charge in [-0.2, -0.15) is 0 Å². The van der Waals surface area contributed by atoms with Crippen LogP contribution in [0.25, 0.3) is 0 Å². The highest BCUT2D eigenvalue weighted by atomic mass is 16.3. The molecule has 2 heterocycles. The molecule has 1 aromatic heterocycles. The zero-order valence-electron chi connectivity index (χ0n) is 10.8. The smallest absolute Gasteiger partial charge is 0.144 e. The fraction of sp³-hybridized carbons (Fsp3) is 0.692. The van der Waals surface area contributed by atoms with E-state index in [0.29, 0.717) is 12.5 Å². The van der Waals surface area contributed by atoms with Crippen LogP contribution in [-0.4, -0.2) is 52.8 Å². The van der Waals surface area contributed by atoms with Gasteiger partial charge in [-0.25, -0.2) is 4.98 Å². The largest absolute Gasteiger partial charge is 0.396 e. The first-order chi connectivity index (χ1) is 8.88. The van der Waals surface area contributed by atoms with Gasteiger partial charge in [0, 0.05) is 32.1 Å². The summed E-state index contributed by atoms with van der Waals surface area (Å²) in [5.41, 5.74) is 0. The van der Waals surface area contributed by atoms with Crippen molar-refractivity contribution in [2.24, 2.45) is 5.92 Å². The third kappa shape index (κ3) is 4.23. The van der Waals surface area contributed by atoms with Gasteiger partial charge in [0.15, 0.2) is 0 Å². The number of hydrogen-bond donors (Lipinski definition) is 2. The molecule has 1 aromatic rings. The highest BCUT2D eigenvalue weighted by molar-refractivity contribution is 5.29. The molecular formula is C13H22N4O. The summed E-state index contributed by atoms with van der Waals surface area (Å²) in [5.74, 6) is 1.32. The summed E-state index contributed by atoms with van der Waals surface area (Å²) in [7, 11) is 0. The monoisotopic (exact) mass is 250 g/mol. The molecular weight excluding hydrogens is 228 g/mol. The van der Waals surface area contributed by atoms with Gasteiger partial charge in [0.2, 0.25) is 0 Å². The Morgan fingerprint density at radius 3 is 3.17 bits per heavy atom. The van der Waals surface area contributed by atoms with E-state index in [9.17, 15) is 5.11 Å². The summed E-state index contributed by atoms with van der Waals surface area (Å²) in [4.78, 5) is 10.6. The molecule has 0 amide bonds. The molecule has 0 unspecified atom stereocenters. The van der Waals surface area contributed by atoms with E-state index in [0.717, 1.165) is 31.9 Å². The number of aliphatic hydroxyl groups excluding tert-OH is 1. The summed E-state index contributed by atoms with van der Waals surface area (Å²) in [6.07, 6.45) is 8.58. The molecule has 0 aromatic carbocycles. The second-order valence-corrected chi connectivity index (χ2v) is 4.86. The number of likely N-dealkylation sites (tertiary alicyclic amines) is 1. The third-order valence-corrected chi connectivity index (χ3v) is 3.38. The van der Waals surface area contributed by atoms with Crippen LogP contribution >= 0.6 is 0 Å². The van der Waals surface area contributed by atoms with E-state index in [1.54, 1.807) is 18.6 Å². The summed E-state index contributed by atoms with van der Waals surface area (Å²) in [5, 5.41) is 12.4. The Hall–Kier alpha value is -1.20. The minimum Gasteiger partial charge on any atom is -0.396 e. The van der Waals surface area contributed by atoms with Crippen molar-refractivity contribution in [1.82, 2.24) is 14.9 Å². The van der Waals surface area contributed by atoms with Crippen LogP contribution < -0.4 is 5.32 Å². The summed E-state index contributed by atoms with van der Waals surface area (Å²) in [6, 6.07) is 0. The molecule has 0 bridgehead atoms. The van der Waals surface area contributed by atoms with Crippen LogP contribution in [0.1, 0.15) is 19.3 Å². The number of rotatable bonds is 6. The van der Waals surface area contributed by atoms with Crippen molar-refractivity contribution >= 4 is 5.82 Å². The highest BCUT2D eigenvalue weighted by Crippen LogP contribution is 2.15. The van der Waals surface area contributed by atoms with Crippen molar-refractivity contribution < 1.29 is 5.11 Å². The van der Waals surface area contributed by atoms with Crippen LogP contribution in [0.5, 0.6) is 0 Å². The van der Waals surface area contributed by atoms with Crippen molar-refractivity contribution in [3.05, 3.63) is 18.6 Å². The number of anilines is 1. The van der Waals surface area contributed by atoms with Crippen LogP contribution in [0.4, 0.5) is 5.82 Å². The molecule has 2 N–H and O–H groups in total. The van der Waals surface area contributed by atoms with Gasteiger partial charge >= 0.3 is 0 Å². The molecule has 5 nitrogen and oxygen atoms in total. The van der Waals surface area contributed by atoms with E-state index in [4.69, 9.17) is 0 Å². The molecule has 0 aliphatic carbocycles. The lowest BCUT2D eigenvalue weighted by Crippen LogP contribution is -2.37. The first kappa shape index (κ1) is 13.2. The first-order valence-corrected chi connectivity index (χ1v) is 6.71. The molecule has 100 valence electrons. The molecule has 1 aliphatic rings. The van der Waals surface area contributed by atoms with Crippen molar-refractivity contribution in [2.75, 3.05) is 38.1 Å². The van der Waals surface area contributed by atoms with E-state index in [1.165, 1.54) is 19.4 Å². The first-order valence-electron chi connectivity index (χ1n) is 6.71. The van der Waals surface area contributed by atoms with Crippen LogP contribution in [0.3, 0.4) is 0 Å². The lowest BCUT2D eigenvalue weighted by Gasteiger charge is -2.31. The van der Waals surface area contributed by atoms with Gasteiger partial charge in [-0.1, -0.05) is 0 Å². The van der Waals surface area contributed by atoms with E-state index in [2.05, 4.69) is 20.2 Å². The van der Waals surface area contributed by atoms with Crippen LogP contribution in [0, 0.1) is 5.92 Å². The van der Waals surface area contributed by atoms with Crippen molar-refractivity contribution in [3.8, 4) is 0 Å². The molecule has 5 heteroatoms. The van der Waals surface area contributed by atoms with Gasteiger partial charge in [0.1, 0.15) is 5.82 Å². The molecule has 0 saturated carbocycles. The van der Waals surface area contributed by atoms with Gasteiger partial charge in [0.25, 0.3) is 0 Å². The molecule has 0 spiro atoms. The average Bonchev–Trinajstić information content (AvgIpc) is 2.45. The van der Waals surface area contributed by atoms with E-state index in [1.807, 2.05) is 0 Å².